The highest BCUT2D eigenvalue weighted by Gasteiger charge is 2.33. The summed E-state index contributed by atoms with van der Waals surface area (Å²) < 4.78 is 0. The van der Waals surface area contributed by atoms with Crippen LogP contribution in [0.5, 0.6) is 0 Å². The monoisotopic (exact) mass is 224 g/mol. The van der Waals surface area contributed by atoms with Gasteiger partial charge in [0.15, 0.2) is 0 Å². The van der Waals surface area contributed by atoms with Gasteiger partial charge in [0.2, 0.25) is 0 Å². The van der Waals surface area contributed by atoms with Crippen molar-refractivity contribution in [2.45, 2.75) is 44.6 Å². The van der Waals surface area contributed by atoms with Gasteiger partial charge in [-0.05, 0) is 37.3 Å². The van der Waals surface area contributed by atoms with Crippen molar-refractivity contribution >= 4 is 11.6 Å². The third-order valence-electron chi connectivity index (χ3n) is 3.18. The number of rotatable bonds is 2. The summed E-state index contributed by atoms with van der Waals surface area (Å²) in [6.07, 6.45) is 5.35. The summed E-state index contributed by atoms with van der Waals surface area (Å²) in [6.45, 7) is 2.16. The fourth-order valence-corrected chi connectivity index (χ4v) is 2.65. The minimum atomic E-state index is -0.243. The van der Waals surface area contributed by atoms with Crippen LogP contribution in [0.15, 0.2) is 12.1 Å². The van der Waals surface area contributed by atoms with Crippen LogP contribution in [0.2, 0.25) is 5.15 Å². The van der Waals surface area contributed by atoms with Gasteiger partial charge in [0.05, 0.1) is 11.2 Å². The Kier molecular flexibility index (Phi) is 2.98. The van der Waals surface area contributed by atoms with Gasteiger partial charge in [0.25, 0.3) is 0 Å². The maximum atomic E-state index is 6.43. The zero-order chi connectivity index (χ0) is 10.9. The van der Waals surface area contributed by atoms with E-state index in [-0.39, 0.29) is 5.54 Å². The summed E-state index contributed by atoms with van der Waals surface area (Å²) >= 11 is 5.94. The summed E-state index contributed by atoms with van der Waals surface area (Å²) in [5.74, 6) is 0. The molecule has 0 saturated heterocycles. The Hall–Kier alpha value is -0.600. The number of halogens is 1. The first-order valence-electron chi connectivity index (χ1n) is 5.60. The van der Waals surface area contributed by atoms with E-state index in [1.54, 1.807) is 0 Å². The molecule has 0 spiro atoms. The molecule has 0 amide bonds. The molecule has 0 saturated carbocycles. The second kappa shape index (κ2) is 4.11. The molecule has 1 aromatic heterocycles. The predicted molar refractivity (Wildman–Crippen MR) is 63.0 cm³/mol. The van der Waals surface area contributed by atoms with E-state index in [2.05, 4.69) is 18.0 Å². The molecule has 0 aromatic carbocycles. The normalized spacial score (nSPS) is 25.0. The van der Waals surface area contributed by atoms with Crippen LogP contribution in [0.3, 0.4) is 0 Å². The van der Waals surface area contributed by atoms with Gasteiger partial charge in [-0.3, -0.25) is 0 Å². The summed E-state index contributed by atoms with van der Waals surface area (Å²) in [5, 5.41) is 0.557. The van der Waals surface area contributed by atoms with Crippen molar-refractivity contribution in [1.82, 2.24) is 4.98 Å². The number of aromatic nitrogens is 1. The Bertz CT molecular complexity index is 365. The average molecular weight is 225 g/mol. The van der Waals surface area contributed by atoms with Crippen LogP contribution in [0.25, 0.3) is 0 Å². The molecule has 0 radical (unpaired) electrons. The summed E-state index contributed by atoms with van der Waals surface area (Å²) in [5.41, 5.74) is 8.50. The van der Waals surface area contributed by atoms with Crippen LogP contribution in [0.4, 0.5) is 0 Å². The summed E-state index contributed by atoms with van der Waals surface area (Å²) in [7, 11) is 0. The fraction of sp³-hybridized carbons (Fsp3) is 0.583. The van der Waals surface area contributed by atoms with E-state index in [4.69, 9.17) is 17.3 Å². The Morgan fingerprint density at radius 2 is 2.33 bits per heavy atom. The van der Waals surface area contributed by atoms with Crippen molar-refractivity contribution in [1.29, 1.82) is 0 Å². The number of pyridine rings is 1. The lowest BCUT2D eigenvalue weighted by molar-refractivity contribution is 0.332. The first-order chi connectivity index (χ1) is 7.15. The maximum absolute atomic E-state index is 6.43. The standard InChI is InChI=1S/C12H17ClN2/c1-2-7-12(14)8-3-4-9-5-6-10(13)15-11(9)12/h5-6H,2-4,7-8,14H2,1H3. The molecule has 3 heteroatoms. The Balaban J connectivity index is 2.44. The number of hydrogen-bond acceptors (Lipinski definition) is 2. The van der Waals surface area contributed by atoms with Gasteiger partial charge in [-0.25, -0.2) is 4.98 Å². The largest absolute Gasteiger partial charge is 0.320 e. The number of fused-ring (bicyclic) bond motifs is 1. The lowest BCUT2D eigenvalue weighted by Gasteiger charge is -2.34. The van der Waals surface area contributed by atoms with Crippen LogP contribution in [0.1, 0.15) is 43.9 Å². The molecule has 0 bridgehead atoms. The van der Waals surface area contributed by atoms with E-state index in [0.717, 1.165) is 37.8 Å². The molecular weight excluding hydrogens is 208 g/mol. The lowest BCUT2D eigenvalue weighted by Crippen LogP contribution is -2.40. The Labute approximate surface area is 95.8 Å². The molecule has 1 heterocycles. The van der Waals surface area contributed by atoms with Crippen LogP contribution < -0.4 is 5.73 Å². The lowest BCUT2D eigenvalue weighted by atomic mass is 9.78. The van der Waals surface area contributed by atoms with Crippen molar-refractivity contribution in [3.63, 3.8) is 0 Å². The third kappa shape index (κ3) is 2.01. The van der Waals surface area contributed by atoms with Gasteiger partial charge in [0, 0.05) is 0 Å². The van der Waals surface area contributed by atoms with Crippen LogP contribution >= 0.6 is 11.6 Å². The molecule has 0 aliphatic heterocycles. The number of nitrogens with two attached hydrogens (primary N) is 1. The molecule has 1 aromatic rings. The van der Waals surface area contributed by atoms with E-state index in [0.29, 0.717) is 5.15 Å². The van der Waals surface area contributed by atoms with E-state index in [9.17, 15) is 0 Å². The third-order valence-corrected chi connectivity index (χ3v) is 3.39. The highest BCUT2D eigenvalue weighted by atomic mass is 35.5. The average Bonchev–Trinajstić information content (AvgIpc) is 2.20. The maximum Gasteiger partial charge on any atom is 0.129 e. The van der Waals surface area contributed by atoms with Crippen molar-refractivity contribution in [2.24, 2.45) is 5.73 Å². The fourth-order valence-electron chi connectivity index (χ4n) is 2.50. The quantitative estimate of drug-likeness (QED) is 0.785. The smallest absolute Gasteiger partial charge is 0.129 e. The number of hydrogen-bond donors (Lipinski definition) is 1. The zero-order valence-electron chi connectivity index (χ0n) is 9.09. The molecule has 1 aliphatic carbocycles. The van der Waals surface area contributed by atoms with Gasteiger partial charge < -0.3 is 5.73 Å². The Morgan fingerprint density at radius 3 is 3.07 bits per heavy atom. The van der Waals surface area contributed by atoms with Crippen LogP contribution in [0, 0.1) is 0 Å². The molecule has 2 nitrogen and oxygen atoms in total. The predicted octanol–water partition coefficient (Wildman–Crippen LogP) is 3.03. The zero-order valence-corrected chi connectivity index (χ0v) is 9.85. The van der Waals surface area contributed by atoms with Gasteiger partial charge >= 0.3 is 0 Å². The molecule has 0 fully saturated rings. The van der Waals surface area contributed by atoms with Gasteiger partial charge in [0.1, 0.15) is 5.15 Å². The molecular formula is C12H17ClN2. The molecule has 1 unspecified atom stereocenters. The molecule has 1 atom stereocenters. The van der Waals surface area contributed by atoms with E-state index in [1.165, 1.54) is 5.56 Å². The van der Waals surface area contributed by atoms with E-state index < -0.39 is 0 Å². The minimum Gasteiger partial charge on any atom is -0.320 e. The van der Waals surface area contributed by atoms with Crippen molar-refractivity contribution in [3.05, 3.63) is 28.5 Å². The Morgan fingerprint density at radius 1 is 1.53 bits per heavy atom. The van der Waals surface area contributed by atoms with Gasteiger partial charge in [-0.15, -0.1) is 0 Å². The number of aryl methyl sites for hydroxylation is 1. The number of nitrogens with zero attached hydrogens (tertiary/aromatic N) is 1. The van der Waals surface area contributed by atoms with Gasteiger partial charge in [-0.2, -0.15) is 0 Å². The topological polar surface area (TPSA) is 38.9 Å². The first-order valence-corrected chi connectivity index (χ1v) is 5.98. The van der Waals surface area contributed by atoms with Crippen molar-refractivity contribution in [2.75, 3.05) is 0 Å². The van der Waals surface area contributed by atoms with E-state index >= 15 is 0 Å². The van der Waals surface area contributed by atoms with Crippen molar-refractivity contribution < 1.29 is 0 Å². The highest BCUT2D eigenvalue weighted by molar-refractivity contribution is 6.29. The molecule has 82 valence electrons. The molecule has 2 rings (SSSR count). The first kappa shape index (κ1) is 10.9. The summed E-state index contributed by atoms with van der Waals surface area (Å²) in [4.78, 5) is 4.43. The molecule has 2 N–H and O–H groups in total. The van der Waals surface area contributed by atoms with Gasteiger partial charge in [-0.1, -0.05) is 31.0 Å². The molecule has 15 heavy (non-hydrogen) atoms. The van der Waals surface area contributed by atoms with Crippen LogP contribution in [-0.4, -0.2) is 4.98 Å². The second-order valence-electron chi connectivity index (χ2n) is 4.40. The second-order valence-corrected chi connectivity index (χ2v) is 4.79. The highest BCUT2D eigenvalue weighted by Crippen LogP contribution is 2.35. The molecule has 1 aliphatic rings. The minimum absolute atomic E-state index is 0.243. The van der Waals surface area contributed by atoms with Crippen molar-refractivity contribution in [3.8, 4) is 0 Å². The summed E-state index contributed by atoms with van der Waals surface area (Å²) in [6, 6.07) is 3.93. The van der Waals surface area contributed by atoms with Crippen LogP contribution in [-0.2, 0) is 12.0 Å². The van der Waals surface area contributed by atoms with E-state index in [1.807, 2.05) is 6.07 Å². The SMILES string of the molecule is CCCC1(N)CCCc2ccc(Cl)nc21.